The molecular weight excluding hydrogens is 396 g/mol. The fourth-order valence-electron chi connectivity index (χ4n) is 2.59. The van der Waals surface area contributed by atoms with Crippen LogP contribution in [-0.4, -0.2) is 17.0 Å². The van der Waals surface area contributed by atoms with Crippen molar-refractivity contribution in [1.82, 2.24) is 0 Å². The number of allylic oxidation sites excluding steroid dienone is 1. The van der Waals surface area contributed by atoms with E-state index in [1.165, 1.54) is 42.5 Å². The molecule has 8 heteroatoms. The van der Waals surface area contributed by atoms with Crippen molar-refractivity contribution in [2.45, 2.75) is 0 Å². The van der Waals surface area contributed by atoms with Crippen molar-refractivity contribution in [3.63, 3.8) is 0 Å². The van der Waals surface area contributed by atoms with E-state index in [4.69, 9.17) is 9.94 Å². The molecule has 3 aromatic rings. The first-order valence-corrected chi connectivity index (χ1v) is 8.67. The van der Waals surface area contributed by atoms with Gasteiger partial charge in [0.25, 0.3) is 0 Å². The highest BCUT2D eigenvalue weighted by Crippen LogP contribution is 2.23. The van der Waals surface area contributed by atoms with Crippen LogP contribution < -0.4 is 9.96 Å². The molecule has 6 nitrogen and oxygen atoms in total. The fourth-order valence-corrected chi connectivity index (χ4v) is 2.59. The molecule has 30 heavy (non-hydrogen) atoms. The molecule has 0 aromatic heterocycles. The number of halogens is 2. The van der Waals surface area contributed by atoms with Gasteiger partial charge in [-0.05, 0) is 42.5 Å². The number of carbonyl (C=O) groups is 2. The highest BCUT2D eigenvalue weighted by molar-refractivity contribution is 6.09. The van der Waals surface area contributed by atoms with Gasteiger partial charge < -0.3 is 9.94 Å². The summed E-state index contributed by atoms with van der Waals surface area (Å²) in [5.74, 6) is -3.11. The van der Waals surface area contributed by atoms with E-state index in [1.807, 2.05) is 0 Å². The number of esters is 1. The fraction of sp³-hybridized carbons (Fsp3) is 0. The average molecular weight is 411 g/mol. The molecule has 0 bridgehead atoms. The number of ether oxygens (including phenoxy) is 1. The van der Waals surface area contributed by atoms with Crippen molar-refractivity contribution in [1.29, 1.82) is 0 Å². The molecule has 0 aliphatic carbocycles. The van der Waals surface area contributed by atoms with Crippen LogP contribution >= 0.6 is 0 Å². The van der Waals surface area contributed by atoms with Crippen molar-refractivity contribution in [2.24, 2.45) is 0 Å². The molecule has 0 spiro atoms. The molecule has 0 saturated carbocycles. The molecule has 0 aliphatic rings. The van der Waals surface area contributed by atoms with Gasteiger partial charge >= 0.3 is 5.97 Å². The molecule has 1 unspecified atom stereocenters. The van der Waals surface area contributed by atoms with Gasteiger partial charge in [0.1, 0.15) is 17.4 Å². The Morgan fingerprint density at radius 1 is 1.00 bits per heavy atom. The van der Waals surface area contributed by atoms with Crippen LogP contribution in [0.4, 0.5) is 14.5 Å². The maximum atomic E-state index is 13.7. The minimum absolute atomic E-state index is 0.0560. The molecule has 1 atom stereocenters. The third-order valence-corrected chi connectivity index (χ3v) is 4.07. The first kappa shape index (κ1) is 21.0. The maximum absolute atomic E-state index is 13.7. The molecule has 3 aromatic carbocycles. The summed E-state index contributed by atoms with van der Waals surface area (Å²) in [7, 11) is 0. The summed E-state index contributed by atoms with van der Waals surface area (Å²) < 4.78 is 32.6. The molecule has 0 radical (unpaired) electrons. The molecule has 0 saturated heterocycles. The van der Waals surface area contributed by atoms with Crippen LogP contribution in [0.2, 0.25) is 0 Å². The molecule has 0 amide bonds. The first-order chi connectivity index (χ1) is 14.3. The lowest BCUT2D eigenvalue weighted by molar-refractivity contribution is -0.991. The standard InChI is InChI=1S/C22H15F2NO5/c23-16-9-11-21(30-22(27)15-5-3-6-17(12-15)25(28)29)18(13-16)20(26)10-8-14-4-1-2-7-19(14)24/h1-13,25,28H. The Bertz CT molecular complexity index is 1130. The smallest absolute Gasteiger partial charge is 0.343 e. The van der Waals surface area contributed by atoms with Crippen molar-refractivity contribution in [3.8, 4) is 5.75 Å². The van der Waals surface area contributed by atoms with E-state index >= 15 is 0 Å². The zero-order valence-corrected chi connectivity index (χ0v) is 15.3. The normalized spacial score (nSPS) is 12.0. The van der Waals surface area contributed by atoms with Crippen LogP contribution in [-0.2, 0) is 0 Å². The summed E-state index contributed by atoms with van der Waals surface area (Å²) in [6.45, 7) is 0. The van der Waals surface area contributed by atoms with Gasteiger partial charge in [-0.15, -0.1) is 0 Å². The number of ketones is 1. The van der Waals surface area contributed by atoms with Gasteiger partial charge in [0.05, 0.1) is 11.1 Å². The summed E-state index contributed by atoms with van der Waals surface area (Å²) in [6, 6.07) is 13.9. The molecule has 2 N–H and O–H groups in total. The van der Waals surface area contributed by atoms with E-state index in [2.05, 4.69) is 0 Å². The zero-order chi connectivity index (χ0) is 21.7. The molecule has 0 heterocycles. The third kappa shape index (κ3) is 5.00. The second kappa shape index (κ2) is 9.19. The second-order valence-corrected chi connectivity index (χ2v) is 6.14. The summed E-state index contributed by atoms with van der Waals surface area (Å²) in [6.07, 6.45) is 2.26. The van der Waals surface area contributed by atoms with Crippen LogP contribution in [0.3, 0.4) is 0 Å². The molecule has 0 fully saturated rings. The predicted molar refractivity (Wildman–Crippen MR) is 103 cm³/mol. The number of quaternary nitrogens is 1. The lowest BCUT2D eigenvalue weighted by Crippen LogP contribution is -2.99. The summed E-state index contributed by atoms with van der Waals surface area (Å²) in [5, 5.41) is 18.9. The number of hydrogen-bond donors (Lipinski definition) is 2. The lowest BCUT2D eigenvalue weighted by Gasteiger charge is -2.12. The Kier molecular flexibility index (Phi) is 6.43. The topological polar surface area (TPSA) is 91.1 Å². The van der Waals surface area contributed by atoms with Crippen molar-refractivity contribution in [3.05, 3.63) is 106 Å². The number of hydrogen-bond acceptors (Lipinski definition) is 5. The van der Waals surface area contributed by atoms with Crippen LogP contribution in [0.15, 0.2) is 72.8 Å². The Labute approximate surface area is 169 Å². The Morgan fingerprint density at radius 3 is 2.50 bits per heavy atom. The van der Waals surface area contributed by atoms with E-state index < -0.39 is 28.6 Å². The summed E-state index contributed by atoms with van der Waals surface area (Å²) >= 11 is 0. The number of nitrogens with one attached hydrogen (secondary N) is 1. The first-order valence-electron chi connectivity index (χ1n) is 8.67. The highest BCUT2D eigenvalue weighted by atomic mass is 19.1. The number of carbonyl (C=O) groups excluding carboxylic acids is 2. The van der Waals surface area contributed by atoms with Crippen molar-refractivity contribution < 1.29 is 33.5 Å². The molecule has 0 aliphatic heterocycles. The summed E-state index contributed by atoms with van der Waals surface area (Å²) in [5.41, 5.74) is -0.260. The van der Waals surface area contributed by atoms with E-state index in [0.29, 0.717) is 0 Å². The van der Waals surface area contributed by atoms with Crippen LogP contribution in [0.25, 0.3) is 6.08 Å². The van der Waals surface area contributed by atoms with Gasteiger partial charge in [-0.3, -0.25) is 4.79 Å². The predicted octanol–water partition coefficient (Wildman–Crippen LogP) is 3.48. The quantitative estimate of drug-likeness (QED) is 0.213. The third-order valence-electron chi connectivity index (χ3n) is 4.07. The van der Waals surface area contributed by atoms with Crippen LogP contribution in [0.5, 0.6) is 5.75 Å². The van der Waals surface area contributed by atoms with Gasteiger partial charge in [0.15, 0.2) is 11.5 Å². The zero-order valence-electron chi connectivity index (χ0n) is 15.3. The van der Waals surface area contributed by atoms with Gasteiger partial charge in [0, 0.05) is 17.7 Å². The Morgan fingerprint density at radius 2 is 1.77 bits per heavy atom. The highest BCUT2D eigenvalue weighted by Gasteiger charge is 2.17. The van der Waals surface area contributed by atoms with E-state index in [-0.39, 0.29) is 28.1 Å². The van der Waals surface area contributed by atoms with Gasteiger partial charge in [-0.25, -0.2) is 18.8 Å². The van der Waals surface area contributed by atoms with Gasteiger partial charge in [-0.1, -0.05) is 24.3 Å². The van der Waals surface area contributed by atoms with E-state index in [0.717, 1.165) is 30.3 Å². The summed E-state index contributed by atoms with van der Waals surface area (Å²) in [4.78, 5) is 24.9. The minimum atomic E-state index is -1.22. The number of rotatable bonds is 6. The minimum Gasteiger partial charge on any atom is -0.595 e. The van der Waals surface area contributed by atoms with E-state index in [1.54, 1.807) is 6.07 Å². The largest absolute Gasteiger partial charge is 0.595 e. The Hall–Kier alpha value is -3.72. The Balaban J connectivity index is 1.86. The molecule has 3 rings (SSSR count). The lowest BCUT2D eigenvalue weighted by atomic mass is 10.1. The van der Waals surface area contributed by atoms with Crippen LogP contribution in [0.1, 0.15) is 26.3 Å². The number of benzene rings is 3. The van der Waals surface area contributed by atoms with Crippen molar-refractivity contribution >= 4 is 23.5 Å². The van der Waals surface area contributed by atoms with Crippen molar-refractivity contribution in [2.75, 3.05) is 0 Å². The van der Waals surface area contributed by atoms with Gasteiger partial charge in [0.2, 0.25) is 0 Å². The SMILES string of the molecule is O=C(Oc1ccc(F)cc1C(=O)C=Cc1ccccc1F)c1cccc([NH+]([O-])O)c1. The average Bonchev–Trinajstić information content (AvgIpc) is 2.74. The molecular formula is C22H15F2NO5. The maximum Gasteiger partial charge on any atom is 0.343 e. The van der Waals surface area contributed by atoms with Gasteiger partial charge in [-0.2, -0.15) is 5.23 Å². The van der Waals surface area contributed by atoms with E-state index in [9.17, 15) is 23.6 Å². The second-order valence-electron chi connectivity index (χ2n) is 6.14. The van der Waals surface area contributed by atoms with Crippen LogP contribution in [0, 0.1) is 16.8 Å². The molecule has 152 valence electrons. The monoisotopic (exact) mass is 411 g/mol.